The number of aromatic nitrogens is 1. The Kier molecular flexibility index (Phi) is 6.11. The number of nitrogens with one attached hydrogen (secondary N) is 1. The lowest BCUT2D eigenvalue weighted by Crippen LogP contribution is -2.35. The van der Waals surface area contributed by atoms with Gasteiger partial charge in [0, 0.05) is 17.1 Å². The summed E-state index contributed by atoms with van der Waals surface area (Å²) in [6, 6.07) is 7.19. The van der Waals surface area contributed by atoms with Crippen molar-refractivity contribution in [1.29, 1.82) is 0 Å². The van der Waals surface area contributed by atoms with Crippen molar-refractivity contribution in [1.82, 2.24) is 10.3 Å². The van der Waals surface area contributed by atoms with Crippen molar-refractivity contribution in [3.05, 3.63) is 52.5 Å². The summed E-state index contributed by atoms with van der Waals surface area (Å²) in [6.45, 7) is 7.08. The SMILES string of the molecule is C=CCNC(=O)C(C)OC(=O)c1sc(-c2ccc(Cl)cc2)nc1C. The van der Waals surface area contributed by atoms with Gasteiger partial charge in [0.05, 0.1) is 5.69 Å². The van der Waals surface area contributed by atoms with Gasteiger partial charge in [0.2, 0.25) is 0 Å². The van der Waals surface area contributed by atoms with Gasteiger partial charge in [-0.2, -0.15) is 0 Å². The smallest absolute Gasteiger partial charge is 0.351 e. The van der Waals surface area contributed by atoms with Crippen LogP contribution < -0.4 is 5.32 Å². The number of thiazole rings is 1. The summed E-state index contributed by atoms with van der Waals surface area (Å²) in [4.78, 5) is 28.8. The number of nitrogens with zero attached hydrogens (tertiary/aromatic N) is 1. The fourth-order valence-corrected chi connectivity index (χ4v) is 2.97. The number of rotatable bonds is 6. The monoisotopic (exact) mass is 364 g/mol. The van der Waals surface area contributed by atoms with E-state index in [1.54, 1.807) is 25.1 Å². The van der Waals surface area contributed by atoms with E-state index in [2.05, 4.69) is 16.9 Å². The molecule has 0 aliphatic carbocycles. The molecular weight excluding hydrogens is 348 g/mol. The zero-order valence-corrected chi connectivity index (χ0v) is 14.9. The molecule has 1 amide bonds. The lowest BCUT2D eigenvalue weighted by molar-refractivity contribution is -0.128. The second kappa shape index (κ2) is 8.08. The van der Waals surface area contributed by atoms with Gasteiger partial charge in [-0.3, -0.25) is 4.79 Å². The number of esters is 1. The predicted molar refractivity (Wildman–Crippen MR) is 95.4 cm³/mol. The molecule has 1 unspecified atom stereocenters. The van der Waals surface area contributed by atoms with Crippen LogP contribution in [0.3, 0.4) is 0 Å². The lowest BCUT2D eigenvalue weighted by atomic mass is 10.2. The number of amides is 1. The first-order chi connectivity index (χ1) is 11.4. The molecule has 0 fully saturated rings. The number of halogens is 1. The molecule has 0 aliphatic heterocycles. The van der Waals surface area contributed by atoms with Crippen molar-refractivity contribution < 1.29 is 14.3 Å². The van der Waals surface area contributed by atoms with E-state index in [1.807, 2.05) is 12.1 Å². The first kappa shape index (κ1) is 18.2. The summed E-state index contributed by atoms with van der Waals surface area (Å²) in [5.41, 5.74) is 1.43. The molecule has 0 saturated carbocycles. The van der Waals surface area contributed by atoms with E-state index in [9.17, 15) is 9.59 Å². The number of carbonyl (C=O) groups excluding carboxylic acids is 2. The molecule has 0 aliphatic rings. The van der Waals surface area contributed by atoms with Gasteiger partial charge in [0.25, 0.3) is 5.91 Å². The maximum absolute atomic E-state index is 12.3. The average molecular weight is 365 g/mol. The number of hydrogen-bond donors (Lipinski definition) is 1. The zero-order valence-electron chi connectivity index (χ0n) is 13.3. The Labute approximate surface area is 149 Å². The molecular formula is C17H17ClN2O3S. The first-order valence-corrected chi connectivity index (χ1v) is 8.44. The molecule has 0 radical (unpaired) electrons. The van der Waals surface area contributed by atoms with Crippen molar-refractivity contribution in [2.45, 2.75) is 20.0 Å². The van der Waals surface area contributed by atoms with E-state index in [0.29, 0.717) is 27.1 Å². The second-order valence-corrected chi connectivity index (χ2v) is 6.46. The highest BCUT2D eigenvalue weighted by atomic mass is 35.5. The Bertz CT molecular complexity index is 756. The first-order valence-electron chi connectivity index (χ1n) is 7.25. The molecule has 2 aromatic rings. The van der Waals surface area contributed by atoms with Gasteiger partial charge in [-0.25, -0.2) is 9.78 Å². The molecule has 0 bridgehead atoms. The molecule has 24 heavy (non-hydrogen) atoms. The zero-order chi connectivity index (χ0) is 17.7. The van der Waals surface area contributed by atoms with E-state index >= 15 is 0 Å². The van der Waals surface area contributed by atoms with Crippen LogP contribution >= 0.6 is 22.9 Å². The van der Waals surface area contributed by atoms with Crippen molar-refractivity contribution in [2.24, 2.45) is 0 Å². The minimum absolute atomic E-state index is 0.320. The third kappa shape index (κ3) is 4.43. The summed E-state index contributed by atoms with van der Waals surface area (Å²) >= 11 is 7.10. The highest BCUT2D eigenvalue weighted by Gasteiger charge is 2.22. The van der Waals surface area contributed by atoms with Crippen LogP contribution in [0, 0.1) is 6.92 Å². The van der Waals surface area contributed by atoms with E-state index in [-0.39, 0.29) is 5.91 Å². The van der Waals surface area contributed by atoms with Gasteiger partial charge >= 0.3 is 5.97 Å². The topological polar surface area (TPSA) is 68.3 Å². The van der Waals surface area contributed by atoms with Crippen molar-refractivity contribution in [2.75, 3.05) is 6.54 Å². The fraction of sp³-hybridized carbons (Fsp3) is 0.235. The molecule has 1 aromatic heterocycles. The van der Waals surface area contributed by atoms with Crippen molar-refractivity contribution >= 4 is 34.8 Å². The Balaban J connectivity index is 2.11. The maximum atomic E-state index is 12.3. The highest BCUT2D eigenvalue weighted by molar-refractivity contribution is 7.17. The number of ether oxygens (including phenoxy) is 1. The van der Waals surface area contributed by atoms with Gasteiger partial charge < -0.3 is 10.1 Å². The number of aryl methyl sites for hydroxylation is 1. The van der Waals surface area contributed by atoms with E-state index in [0.717, 1.165) is 5.56 Å². The average Bonchev–Trinajstić information content (AvgIpc) is 2.95. The largest absolute Gasteiger partial charge is 0.448 e. The molecule has 5 nitrogen and oxygen atoms in total. The highest BCUT2D eigenvalue weighted by Crippen LogP contribution is 2.29. The van der Waals surface area contributed by atoms with Crippen LogP contribution in [0.25, 0.3) is 10.6 Å². The summed E-state index contributed by atoms with van der Waals surface area (Å²) in [7, 11) is 0. The molecule has 1 N–H and O–H groups in total. The summed E-state index contributed by atoms with van der Waals surface area (Å²) in [6.07, 6.45) is 0.663. The van der Waals surface area contributed by atoms with E-state index in [1.165, 1.54) is 18.3 Å². The van der Waals surface area contributed by atoms with Crippen LogP contribution in [-0.4, -0.2) is 29.5 Å². The minimum atomic E-state index is -0.891. The Morgan fingerprint density at radius 1 is 1.42 bits per heavy atom. The van der Waals surface area contributed by atoms with Gasteiger partial charge in [-0.05, 0) is 26.0 Å². The van der Waals surface area contributed by atoms with Gasteiger partial charge in [-0.1, -0.05) is 29.8 Å². The molecule has 1 aromatic carbocycles. The third-order valence-electron chi connectivity index (χ3n) is 3.15. The number of benzene rings is 1. The van der Waals surface area contributed by atoms with Crippen LogP contribution in [0.1, 0.15) is 22.3 Å². The van der Waals surface area contributed by atoms with Gasteiger partial charge in [0.1, 0.15) is 9.88 Å². The molecule has 1 heterocycles. The van der Waals surface area contributed by atoms with Crippen LogP contribution in [0.5, 0.6) is 0 Å². The molecule has 126 valence electrons. The van der Waals surface area contributed by atoms with E-state index < -0.39 is 12.1 Å². The molecule has 1 atom stereocenters. The third-order valence-corrected chi connectivity index (χ3v) is 4.59. The molecule has 2 rings (SSSR count). The Morgan fingerprint density at radius 3 is 2.71 bits per heavy atom. The lowest BCUT2D eigenvalue weighted by Gasteiger charge is -2.12. The van der Waals surface area contributed by atoms with Crippen molar-refractivity contribution in [3.8, 4) is 10.6 Å². The minimum Gasteiger partial charge on any atom is -0.448 e. The standard InChI is InChI=1S/C17H17ClN2O3S/c1-4-9-19-15(21)11(3)23-17(22)14-10(2)20-16(24-14)12-5-7-13(18)8-6-12/h4-8,11H,1,9H2,2-3H3,(H,19,21). The van der Waals surface area contributed by atoms with Crippen molar-refractivity contribution in [3.63, 3.8) is 0 Å². The number of carbonyl (C=O) groups is 2. The Hall–Kier alpha value is -2.18. The van der Waals surface area contributed by atoms with Crippen LogP contribution in [-0.2, 0) is 9.53 Å². The van der Waals surface area contributed by atoms with E-state index in [4.69, 9.17) is 16.3 Å². The van der Waals surface area contributed by atoms with Gasteiger partial charge in [-0.15, -0.1) is 17.9 Å². The summed E-state index contributed by atoms with van der Waals surface area (Å²) < 4.78 is 5.21. The normalized spacial score (nSPS) is 11.6. The quantitative estimate of drug-likeness (QED) is 0.628. The maximum Gasteiger partial charge on any atom is 0.351 e. The fourth-order valence-electron chi connectivity index (χ4n) is 1.89. The second-order valence-electron chi connectivity index (χ2n) is 5.02. The van der Waals surface area contributed by atoms with Crippen LogP contribution in [0.15, 0.2) is 36.9 Å². The summed E-state index contributed by atoms with van der Waals surface area (Å²) in [5, 5.41) is 3.91. The molecule has 7 heteroatoms. The van der Waals surface area contributed by atoms with Crippen LogP contribution in [0.2, 0.25) is 5.02 Å². The molecule has 0 spiro atoms. The number of hydrogen-bond acceptors (Lipinski definition) is 5. The molecule has 0 saturated heterocycles. The van der Waals surface area contributed by atoms with Crippen LogP contribution in [0.4, 0.5) is 0 Å². The summed E-state index contributed by atoms with van der Waals surface area (Å²) in [5.74, 6) is -0.935. The Morgan fingerprint density at radius 2 is 2.08 bits per heavy atom. The predicted octanol–water partition coefficient (Wildman–Crippen LogP) is 3.62. The van der Waals surface area contributed by atoms with Gasteiger partial charge in [0.15, 0.2) is 6.10 Å².